The van der Waals surface area contributed by atoms with Crippen LogP contribution >= 0.6 is 0 Å². The molecular formula is C19H21N3O. The van der Waals surface area contributed by atoms with Gasteiger partial charge < -0.3 is 5.11 Å². The van der Waals surface area contributed by atoms with Gasteiger partial charge in [-0.25, -0.2) is 9.50 Å². The standard InChI is InChI=1S/C19H21N3O/c1-12(2)17-11-22-18(20-17)15(19(4,5)23)10-16(21-22)14-8-6-13(3)7-9-14/h6-11,23H,1H2,2-5H3. The summed E-state index contributed by atoms with van der Waals surface area (Å²) < 4.78 is 1.73. The highest BCUT2D eigenvalue weighted by atomic mass is 16.3. The van der Waals surface area contributed by atoms with E-state index >= 15 is 0 Å². The number of allylic oxidation sites excluding steroid dienone is 1. The Bertz CT molecular complexity index is 883. The quantitative estimate of drug-likeness (QED) is 0.796. The Morgan fingerprint density at radius 2 is 1.87 bits per heavy atom. The van der Waals surface area contributed by atoms with Crippen molar-refractivity contribution in [2.45, 2.75) is 33.3 Å². The third kappa shape index (κ3) is 2.90. The highest BCUT2D eigenvalue weighted by Crippen LogP contribution is 2.29. The van der Waals surface area contributed by atoms with Crippen LogP contribution in [0, 0.1) is 6.92 Å². The summed E-state index contributed by atoms with van der Waals surface area (Å²) in [6.45, 7) is 11.4. The van der Waals surface area contributed by atoms with Gasteiger partial charge in [0.05, 0.1) is 23.2 Å². The molecule has 0 radical (unpaired) electrons. The lowest BCUT2D eigenvalue weighted by Crippen LogP contribution is -2.18. The molecule has 0 aliphatic carbocycles. The number of rotatable bonds is 3. The van der Waals surface area contributed by atoms with E-state index in [4.69, 9.17) is 0 Å². The molecule has 118 valence electrons. The van der Waals surface area contributed by atoms with E-state index in [9.17, 15) is 5.11 Å². The van der Waals surface area contributed by atoms with Gasteiger partial charge in [0.25, 0.3) is 0 Å². The van der Waals surface area contributed by atoms with Crippen molar-refractivity contribution >= 4 is 11.2 Å². The number of hydrogen-bond acceptors (Lipinski definition) is 3. The van der Waals surface area contributed by atoms with Crippen molar-refractivity contribution in [3.8, 4) is 11.3 Å². The monoisotopic (exact) mass is 307 g/mol. The van der Waals surface area contributed by atoms with Crippen LogP contribution in [0.4, 0.5) is 0 Å². The Morgan fingerprint density at radius 3 is 2.43 bits per heavy atom. The molecule has 0 aliphatic heterocycles. The molecule has 4 heteroatoms. The number of fused-ring (bicyclic) bond motifs is 1. The number of nitrogens with zero attached hydrogens (tertiary/aromatic N) is 3. The third-order valence-electron chi connectivity index (χ3n) is 3.87. The fourth-order valence-electron chi connectivity index (χ4n) is 2.50. The average Bonchev–Trinajstić information content (AvgIpc) is 2.90. The zero-order chi connectivity index (χ0) is 16.8. The summed E-state index contributed by atoms with van der Waals surface area (Å²) in [7, 11) is 0. The Morgan fingerprint density at radius 1 is 1.22 bits per heavy atom. The number of aliphatic hydroxyl groups is 1. The predicted molar refractivity (Wildman–Crippen MR) is 93.1 cm³/mol. The largest absolute Gasteiger partial charge is 0.386 e. The fraction of sp³-hybridized carbons (Fsp3) is 0.263. The second kappa shape index (κ2) is 5.32. The highest BCUT2D eigenvalue weighted by molar-refractivity contribution is 5.67. The first-order valence-electron chi connectivity index (χ1n) is 7.62. The van der Waals surface area contributed by atoms with Gasteiger partial charge >= 0.3 is 0 Å². The summed E-state index contributed by atoms with van der Waals surface area (Å²) >= 11 is 0. The molecule has 0 saturated heterocycles. The van der Waals surface area contributed by atoms with Crippen LogP contribution in [0.5, 0.6) is 0 Å². The number of benzene rings is 1. The molecule has 0 atom stereocenters. The van der Waals surface area contributed by atoms with Crippen molar-refractivity contribution in [2.24, 2.45) is 0 Å². The van der Waals surface area contributed by atoms with Crippen molar-refractivity contribution in [3.05, 3.63) is 59.9 Å². The first-order chi connectivity index (χ1) is 10.8. The second-order valence-electron chi connectivity index (χ2n) is 6.54. The lowest BCUT2D eigenvalue weighted by Gasteiger charge is -2.19. The van der Waals surface area contributed by atoms with Gasteiger partial charge in [0.15, 0.2) is 5.65 Å². The molecule has 2 heterocycles. The maximum Gasteiger partial charge on any atom is 0.160 e. The Labute approximate surface area is 136 Å². The van der Waals surface area contributed by atoms with Crippen molar-refractivity contribution in [2.75, 3.05) is 0 Å². The molecule has 2 aromatic heterocycles. The molecule has 0 bridgehead atoms. The van der Waals surface area contributed by atoms with E-state index in [0.29, 0.717) is 5.65 Å². The van der Waals surface area contributed by atoms with Crippen molar-refractivity contribution < 1.29 is 5.11 Å². The summed E-state index contributed by atoms with van der Waals surface area (Å²) in [5.74, 6) is 0. The number of aromatic nitrogens is 3. The van der Waals surface area contributed by atoms with Gasteiger partial charge in [-0.15, -0.1) is 0 Å². The molecule has 0 fully saturated rings. The molecule has 1 aromatic carbocycles. The van der Waals surface area contributed by atoms with Gasteiger partial charge in [-0.3, -0.25) is 0 Å². The number of aryl methyl sites for hydroxylation is 1. The zero-order valence-electron chi connectivity index (χ0n) is 14.0. The zero-order valence-corrected chi connectivity index (χ0v) is 14.0. The minimum atomic E-state index is -1.01. The van der Waals surface area contributed by atoms with Crippen LogP contribution < -0.4 is 0 Å². The minimum absolute atomic E-state index is 0.659. The minimum Gasteiger partial charge on any atom is -0.386 e. The van der Waals surface area contributed by atoms with Crippen LogP contribution in [0.1, 0.15) is 37.6 Å². The molecule has 0 aliphatic rings. The normalized spacial score (nSPS) is 11.9. The number of hydrogen-bond donors (Lipinski definition) is 1. The van der Waals surface area contributed by atoms with Gasteiger partial charge in [0.2, 0.25) is 0 Å². The van der Waals surface area contributed by atoms with Gasteiger partial charge in [-0.05, 0) is 39.3 Å². The van der Waals surface area contributed by atoms with Crippen LogP contribution in [-0.4, -0.2) is 19.7 Å². The van der Waals surface area contributed by atoms with Crippen LogP contribution in [0.15, 0.2) is 43.1 Å². The van der Waals surface area contributed by atoms with Gasteiger partial charge in [-0.1, -0.05) is 36.4 Å². The van der Waals surface area contributed by atoms with E-state index in [-0.39, 0.29) is 0 Å². The van der Waals surface area contributed by atoms with Crippen LogP contribution in [0.25, 0.3) is 22.5 Å². The Kier molecular flexibility index (Phi) is 3.57. The summed E-state index contributed by atoms with van der Waals surface area (Å²) in [6.07, 6.45) is 1.85. The van der Waals surface area contributed by atoms with Crippen molar-refractivity contribution in [3.63, 3.8) is 0 Å². The molecular weight excluding hydrogens is 286 g/mol. The van der Waals surface area contributed by atoms with Gasteiger partial charge in [0.1, 0.15) is 0 Å². The summed E-state index contributed by atoms with van der Waals surface area (Å²) in [5, 5.41) is 15.2. The topological polar surface area (TPSA) is 50.4 Å². The van der Waals surface area contributed by atoms with E-state index in [1.807, 2.05) is 31.3 Å². The third-order valence-corrected chi connectivity index (χ3v) is 3.87. The lowest BCUT2D eigenvalue weighted by molar-refractivity contribution is 0.0795. The van der Waals surface area contributed by atoms with E-state index in [2.05, 4.69) is 35.7 Å². The smallest absolute Gasteiger partial charge is 0.160 e. The van der Waals surface area contributed by atoms with Crippen molar-refractivity contribution in [1.82, 2.24) is 14.6 Å². The van der Waals surface area contributed by atoms with Gasteiger partial charge in [0, 0.05) is 11.1 Å². The molecule has 4 nitrogen and oxygen atoms in total. The number of imidazole rings is 1. The summed E-state index contributed by atoms with van der Waals surface area (Å²) in [5.41, 5.74) is 5.06. The Balaban J connectivity index is 2.28. The maximum atomic E-state index is 10.5. The predicted octanol–water partition coefficient (Wildman–Crippen LogP) is 3.97. The molecule has 0 saturated carbocycles. The first-order valence-corrected chi connectivity index (χ1v) is 7.62. The molecule has 3 aromatic rings. The molecule has 0 unspecified atom stereocenters. The fourth-order valence-corrected chi connectivity index (χ4v) is 2.50. The Hall–Kier alpha value is -2.46. The molecule has 1 N–H and O–H groups in total. The summed E-state index contributed by atoms with van der Waals surface area (Å²) in [4.78, 5) is 4.57. The van der Waals surface area contributed by atoms with Crippen LogP contribution in [0.2, 0.25) is 0 Å². The van der Waals surface area contributed by atoms with E-state index < -0.39 is 5.60 Å². The molecule has 0 spiro atoms. The highest BCUT2D eigenvalue weighted by Gasteiger charge is 2.23. The van der Waals surface area contributed by atoms with E-state index in [1.165, 1.54) is 5.56 Å². The van der Waals surface area contributed by atoms with E-state index in [0.717, 1.165) is 28.1 Å². The second-order valence-corrected chi connectivity index (χ2v) is 6.54. The maximum absolute atomic E-state index is 10.5. The first kappa shape index (κ1) is 15.4. The molecule has 0 amide bonds. The summed E-state index contributed by atoms with van der Waals surface area (Å²) in [6, 6.07) is 10.1. The van der Waals surface area contributed by atoms with Crippen molar-refractivity contribution in [1.29, 1.82) is 0 Å². The molecule has 23 heavy (non-hydrogen) atoms. The van der Waals surface area contributed by atoms with Gasteiger partial charge in [-0.2, -0.15) is 5.10 Å². The van der Waals surface area contributed by atoms with Crippen LogP contribution in [0.3, 0.4) is 0 Å². The van der Waals surface area contributed by atoms with E-state index in [1.54, 1.807) is 18.4 Å². The lowest BCUT2D eigenvalue weighted by atomic mass is 9.98. The average molecular weight is 307 g/mol. The SMILES string of the molecule is C=C(C)c1cn2nc(-c3ccc(C)cc3)cc(C(C)(C)O)c2n1. The molecule has 3 rings (SSSR count). The van der Waals surface area contributed by atoms with Crippen LogP contribution in [-0.2, 0) is 5.60 Å².